The number of carbonyl (C=O) groups excluding carboxylic acids is 1. The van der Waals surface area contributed by atoms with Crippen LogP contribution in [0.15, 0.2) is 9.59 Å². The maximum Gasteiger partial charge on any atom is 0.333 e. The van der Waals surface area contributed by atoms with Gasteiger partial charge < -0.3 is 10.1 Å². The number of fused-ring (bicyclic) bond motifs is 1. The summed E-state index contributed by atoms with van der Waals surface area (Å²) in [5.74, 6) is 1.63. The lowest BCUT2D eigenvalue weighted by atomic mass is 9.73. The van der Waals surface area contributed by atoms with Gasteiger partial charge in [-0.1, -0.05) is 6.92 Å². The Morgan fingerprint density at radius 3 is 2.54 bits per heavy atom. The maximum atomic E-state index is 13.0. The molecule has 28 heavy (non-hydrogen) atoms. The summed E-state index contributed by atoms with van der Waals surface area (Å²) >= 11 is 0. The van der Waals surface area contributed by atoms with Crippen LogP contribution < -0.4 is 11.2 Å². The van der Waals surface area contributed by atoms with Crippen molar-refractivity contribution in [3.63, 3.8) is 0 Å². The van der Waals surface area contributed by atoms with E-state index in [2.05, 4.69) is 4.98 Å². The summed E-state index contributed by atoms with van der Waals surface area (Å²) in [6.45, 7) is 3.55. The van der Waals surface area contributed by atoms with Gasteiger partial charge in [-0.2, -0.15) is 0 Å². The molecule has 6 rings (SSSR count). The number of aryl methyl sites for hydroxylation is 1. The number of rotatable bonds is 5. The first-order valence-corrected chi connectivity index (χ1v) is 10.3. The molecule has 8 nitrogen and oxygen atoms in total. The van der Waals surface area contributed by atoms with Crippen molar-refractivity contribution in [3.8, 4) is 0 Å². The molecule has 2 heterocycles. The Bertz CT molecular complexity index is 1080. The fraction of sp³-hybridized carbons (Fsp3) is 0.700. The minimum absolute atomic E-state index is 0.126. The van der Waals surface area contributed by atoms with Crippen LogP contribution in [0.5, 0.6) is 0 Å². The molecule has 4 bridgehead atoms. The maximum absolute atomic E-state index is 13.0. The van der Waals surface area contributed by atoms with E-state index in [-0.39, 0.29) is 23.8 Å². The zero-order chi connectivity index (χ0) is 19.8. The van der Waals surface area contributed by atoms with Gasteiger partial charge in [-0.3, -0.25) is 18.7 Å². The average Bonchev–Trinajstić information content (AvgIpc) is 3.28. The Labute approximate surface area is 161 Å². The van der Waals surface area contributed by atoms with E-state index < -0.39 is 11.2 Å². The molecule has 4 aliphatic carbocycles. The average molecular weight is 386 g/mol. The number of Topliss-reactive ketones (excluding diaryl/α,β-unsaturated/α-hetero) is 1. The number of nitrogens with zero attached hydrogens (tertiary/aromatic N) is 3. The van der Waals surface area contributed by atoms with Gasteiger partial charge in [0.05, 0.1) is 12.6 Å². The van der Waals surface area contributed by atoms with E-state index in [4.69, 9.17) is 4.98 Å². The molecule has 4 fully saturated rings. The molecule has 4 saturated carbocycles. The van der Waals surface area contributed by atoms with Gasteiger partial charge in [0.1, 0.15) is 17.1 Å². The number of aromatic amines is 1. The van der Waals surface area contributed by atoms with E-state index in [0.717, 1.165) is 42.5 Å². The normalized spacial score (nSPS) is 33.2. The molecule has 0 amide bonds. The van der Waals surface area contributed by atoms with E-state index in [0.29, 0.717) is 35.5 Å². The lowest BCUT2D eigenvalue weighted by Crippen LogP contribution is -2.41. The van der Waals surface area contributed by atoms with Crippen molar-refractivity contribution in [2.45, 2.75) is 70.6 Å². The summed E-state index contributed by atoms with van der Waals surface area (Å²) in [7, 11) is 0. The fourth-order valence-electron chi connectivity index (χ4n) is 6.28. The minimum Gasteiger partial charge on any atom is -0.393 e. The van der Waals surface area contributed by atoms with E-state index in [1.807, 2.05) is 6.92 Å². The second-order valence-electron chi connectivity index (χ2n) is 9.06. The van der Waals surface area contributed by atoms with Crippen molar-refractivity contribution in [2.75, 3.05) is 0 Å². The zero-order valence-corrected chi connectivity index (χ0v) is 16.3. The molecule has 2 unspecified atom stereocenters. The third kappa shape index (κ3) is 2.21. The number of carbonyl (C=O) groups is 1. The predicted molar refractivity (Wildman–Crippen MR) is 102 cm³/mol. The van der Waals surface area contributed by atoms with Gasteiger partial charge >= 0.3 is 5.69 Å². The summed E-state index contributed by atoms with van der Waals surface area (Å²) in [6, 6.07) is 0. The van der Waals surface area contributed by atoms with Gasteiger partial charge in [-0.05, 0) is 56.8 Å². The molecular weight excluding hydrogens is 360 g/mol. The van der Waals surface area contributed by atoms with Crippen molar-refractivity contribution in [3.05, 3.63) is 26.7 Å². The van der Waals surface area contributed by atoms with Crippen LogP contribution in [0.4, 0.5) is 0 Å². The van der Waals surface area contributed by atoms with E-state index in [1.165, 1.54) is 11.5 Å². The molecule has 0 aliphatic heterocycles. The van der Waals surface area contributed by atoms with Crippen LogP contribution in [-0.2, 0) is 23.3 Å². The van der Waals surface area contributed by atoms with Crippen LogP contribution in [-0.4, -0.2) is 36.1 Å². The molecule has 2 aromatic heterocycles. The first-order valence-electron chi connectivity index (χ1n) is 10.3. The second-order valence-corrected chi connectivity index (χ2v) is 9.06. The largest absolute Gasteiger partial charge is 0.393 e. The number of aliphatic hydroxyl groups is 1. The first kappa shape index (κ1) is 17.8. The molecule has 0 spiro atoms. The summed E-state index contributed by atoms with van der Waals surface area (Å²) in [5, 5.41) is 10.5. The zero-order valence-electron chi connectivity index (χ0n) is 16.3. The molecule has 0 radical (unpaired) electrons. The smallest absolute Gasteiger partial charge is 0.333 e. The Morgan fingerprint density at radius 1 is 1.25 bits per heavy atom. The molecule has 0 aromatic carbocycles. The molecule has 2 aromatic rings. The van der Waals surface area contributed by atoms with Crippen LogP contribution in [0.1, 0.15) is 51.8 Å². The summed E-state index contributed by atoms with van der Waals surface area (Å²) in [6.07, 6.45) is 4.28. The summed E-state index contributed by atoms with van der Waals surface area (Å²) < 4.78 is 2.53. The molecule has 0 saturated heterocycles. The highest BCUT2D eigenvalue weighted by Gasteiger charge is 2.63. The van der Waals surface area contributed by atoms with Crippen molar-refractivity contribution in [1.29, 1.82) is 0 Å². The predicted octanol–water partition coefficient (Wildman–Crippen LogP) is 0.934. The molecule has 8 heteroatoms. The van der Waals surface area contributed by atoms with E-state index in [9.17, 15) is 19.5 Å². The number of aromatic nitrogens is 4. The molecule has 2 atom stereocenters. The number of ketones is 1. The summed E-state index contributed by atoms with van der Waals surface area (Å²) in [4.78, 5) is 45.5. The Kier molecular flexibility index (Phi) is 3.75. The highest BCUT2D eigenvalue weighted by atomic mass is 16.3. The Hall–Kier alpha value is -2.22. The highest BCUT2D eigenvalue weighted by molar-refractivity contribution is 5.76. The Morgan fingerprint density at radius 2 is 1.93 bits per heavy atom. The number of hydrogen-bond donors (Lipinski definition) is 2. The lowest BCUT2D eigenvalue weighted by molar-refractivity contribution is -0.117. The number of imidazole rings is 1. The third-order valence-corrected chi connectivity index (χ3v) is 7.34. The quantitative estimate of drug-likeness (QED) is 0.794. The number of aliphatic hydroxyl groups excluding tert-OH is 1. The van der Waals surface area contributed by atoms with E-state index in [1.54, 1.807) is 0 Å². The van der Waals surface area contributed by atoms with Gasteiger partial charge in [0.2, 0.25) is 0 Å². The Balaban J connectivity index is 1.71. The standard InChI is InChI=1S/C20H26N4O4/c1-3-4-23-16-14(17(27)24(19(23)28)9-10(2)25)21-18(22-16)20-7-11-5-13(20)6-12(8-20)15(11)26/h11-13,15,26H,3-9H2,1-2H3,(H,21,22). The van der Waals surface area contributed by atoms with Crippen molar-refractivity contribution < 1.29 is 9.90 Å². The van der Waals surface area contributed by atoms with Crippen LogP contribution in [0.2, 0.25) is 0 Å². The van der Waals surface area contributed by atoms with Crippen molar-refractivity contribution in [2.24, 2.45) is 17.8 Å². The highest BCUT2D eigenvalue weighted by Crippen LogP contribution is 2.65. The van der Waals surface area contributed by atoms with E-state index >= 15 is 0 Å². The summed E-state index contributed by atoms with van der Waals surface area (Å²) in [5.41, 5.74) is -0.370. The lowest BCUT2D eigenvalue weighted by Gasteiger charge is -2.34. The minimum atomic E-state index is -0.476. The second kappa shape index (κ2) is 5.89. The third-order valence-electron chi connectivity index (χ3n) is 7.34. The van der Waals surface area contributed by atoms with Crippen molar-refractivity contribution in [1.82, 2.24) is 19.1 Å². The number of nitrogens with one attached hydrogen (secondary N) is 1. The van der Waals surface area contributed by atoms with Crippen LogP contribution >= 0.6 is 0 Å². The number of hydrogen-bond acceptors (Lipinski definition) is 5. The molecular formula is C20H26N4O4. The van der Waals surface area contributed by atoms with Crippen LogP contribution in [0.3, 0.4) is 0 Å². The molecule has 2 N–H and O–H groups in total. The van der Waals surface area contributed by atoms with Crippen LogP contribution in [0, 0.1) is 17.8 Å². The van der Waals surface area contributed by atoms with Gasteiger partial charge in [-0.15, -0.1) is 0 Å². The van der Waals surface area contributed by atoms with Gasteiger partial charge in [0.25, 0.3) is 5.56 Å². The van der Waals surface area contributed by atoms with Crippen LogP contribution in [0.25, 0.3) is 11.2 Å². The molecule has 4 aliphatic rings. The van der Waals surface area contributed by atoms with Gasteiger partial charge in [0.15, 0.2) is 5.65 Å². The van der Waals surface area contributed by atoms with Gasteiger partial charge in [-0.25, -0.2) is 9.78 Å². The monoisotopic (exact) mass is 386 g/mol. The topological polar surface area (TPSA) is 110 Å². The first-order chi connectivity index (χ1) is 13.4. The van der Waals surface area contributed by atoms with Gasteiger partial charge in [0, 0.05) is 12.0 Å². The SMILES string of the molecule is CCCn1c(=O)n(CC(C)=O)c(=O)c2[nH]c(C34CC5CC3CC(C4)C5O)nc21. The fourth-order valence-corrected chi connectivity index (χ4v) is 6.28. The van der Waals surface area contributed by atoms with Crippen molar-refractivity contribution >= 4 is 16.9 Å². The number of H-pyrrole nitrogens is 1. The molecule has 150 valence electrons.